The molecular weight excluding hydrogens is 1520 g/mol. The van der Waals surface area contributed by atoms with Gasteiger partial charge in [-0.25, -0.2) is 0 Å². The third kappa shape index (κ3) is 23.8. The molecule has 0 saturated carbocycles. The van der Waals surface area contributed by atoms with Gasteiger partial charge in [-0.3, -0.25) is 38.8 Å². The number of rotatable bonds is 28. The molecule has 8 aliphatic rings. The van der Waals surface area contributed by atoms with Crippen molar-refractivity contribution in [2.24, 2.45) is 93.9 Å². The monoisotopic (exact) mass is 1690 g/mol. The summed E-state index contributed by atoms with van der Waals surface area (Å²) in [6.45, 7) is 36.4. The number of benzene rings is 4. The van der Waals surface area contributed by atoms with Crippen LogP contribution in [-0.2, 0) is 63.8 Å². The second-order valence-electron chi connectivity index (χ2n) is 36.6. The molecule has 120 heavy (non-hydrogen) atoms. The lowest BCUT2D eigenvalue weighted by Crippen LogP contribution is -2.51. The van der Waals surface area contributed by atoms with Crippen LogP contribution in [0.4, 0.5) is 0 Å². The standard InChI is InChI=1S/4C24H38N2O4/c4*1-14(2)9-17-13-26-8-7-16-10-21(28-5)22(29-6)11-18(16)19(26)12-20(17)30-24(27)23(25)15(3)4/h4*10-11,14-15,17,19-20,23H,7-9,12-13,25H2,1-6H3/t4*17?,19?,20?,23-/m0000/s1/i2*5D3,19D,20D;19D,20D;10D,11D. The summed E-state index contributed by atoms with van der Waals surface area (Å²) in [5.74, 6) is 0.597. The Morgan fingerprint density at radius 2 is 0.633 bits per heavy atom. The number of ether oxygens (including phenoxy) is 12. The topological polar surface area (TPSA) is 296 Å². The largest absolute Gasteiger partial charge is 0.493 e. The van der Waals surface area contributed by atoms with Crippen LogP contribution in [0.1, 0.15) is 250 Å². The van der Waals surface area contributed by atoms with Crippen LogP contribution < -0.4 is 60.8 Å². The number of methoxy groups -OCH3 is 8. The molecule has 672 valence electrons. The Morgan fingerprint density at radius 3 is 0.942 bits per heavy atom. The van der Waals surface area contributed by atoms with Gasteiger partial charge < -0.3 is 79.8 Å². The van der Waals surface area contributed by atoms with Crippen molar-refractivity contribution in [3.8, 4) is 46.0 Å². The van der Waals surface area contributed by atoms with Crippen molar-refractivity contribution < 1.29 is 95.2 Å². The Bertz CT molecular complexity index is 4580. The molecule has 8 heterocycles. The Hall–Kier alpha value is -7.16. The normalized spacial score (nSPS) is 30.5. The summed E-state index contributed by atoms with van der Waals surface area (Å²) in [6.07, 6.45) is 1.11. The van der Waals surface area contributed by atoms with Crippen molar-refractivity contribution in [1.29, 1.82) is 0 Å². The van der Waals surface area contributed by atoms with Crippen molar-refractivity contribution in [1.82, 2.24) is 19.6 Å². The molecule has 4 fully saturated rings. The minimum Gasteiger partial charge on any atom is -0.493 e. The van der Waals surface area contributed by atoms with E-state index in [-0.39, 0.29) is 137 Å². The van der Waals surface area contributed by atoms with Gasteiger partial charge in [0, 0.05) is 126 Å². The lowest BCUT2D eigenvalue weighted by molar-refractivity contribution is -0.161. The van der Waals surface area contributed by atoms with Crippen molar-refractivity contribution in [3.63, 3.8) is 0 Å². The van der Waals surface area contributed by atoms with E-state index >= 15 is 0 Å². The predicted molar refractivity (Wildman–Crippen MR) is 471 cm³/mol. The number of nitrogens with two attached hydrogens (primary N) is 4. The SMILES string of the molecule is [2H]C([2H])([2H])Oc1cc2c(cc1OC)C1([2H])CC([2H])(OC(=O)[C@@H](N)C(C)C)C(CC(C)C)CN1CC2.[2H]C([2H])([2H])Oc1cc2c(cc1OC)C1([2H])CC([2H])(OC(=O)[C@@H](N)C(C)C)C(CC(C)C)CN1CC2.[2H]C1(OC(=O)[C@@H](N)C(C)C)CC2([2H])c3cc(OC)c(OC)cc3CCN2CC1CC(C)C.[2H]c1c2c(c([2H])c(OC)c1OC)C1CC(OC(=O)[C@@H](N)C(C)C)C(CC(C)C)CN1CC2. The van der Waals surface area contributed by atoms with E-state index in [1.54, 1.807) is 38.5 Å². The third-order valence-electron chi connectivity index (χ3n) is 24.6. The van der Waals surface area contributed by atoms with Gasteiger partial charge in [0.05, 0.1) is 75.9 Å². The summed E-state index contributed by atoms with van der Waals surface area (Å²) < 4.78 is 185. The van der Waals surface area contributed by atoms with E-state index in [2.05, 4.69) is 65.2 Å². The van der Waals surface area contributed by atoms with Gasteiger partial charge in [-0.05, 0) is 192 Å². The van der Waals surface area contributed by atoms with Crippen molar-refractivity contribution >= 4 is 23.9 Å². The van der Waals surface area contributed by atoms with Crippen LogP contribution in [0.5, 0.6) is 46.0 Å². The van der Waals surface area contributed by atoms with Crippen LogP contribution in [0.15, 0.2) is 48.5 Å². The average Bonchev–Trinajstić information content (AvgIpc) is 0.731. The number of piperidine rings is 4. The van der Waals surface area contributed by atoms with E-state index in [4.69, 9.17) is 90.7 Å². The van der Waals surface area contributed by atoms with Gasteiger partial charge >= 0.3 is 23.9 Å². The molecule has 4 saturated heterocycles. The number of esters is 4. The summed E-state index contributed by atoms with van der Waals surface area (Å²) in [7, 11) is 3.71. The second kappa shape index (κ2) is 43.9. The molecule has 8 N–H and O–H groups in total. The van der Waals surface area contributed by atoms with Crippen LogP contribution in [-0.4, -0.2) is 201 Å². The number of hydrogen-bond donors (Lipinski definition) is 4. The van der Waals surface area contributed by atoms with Gasteiger partial charge in [0.25, 0.3) is 0 Å². The summed E-state index contributed by atoms with van der Waals surface area (Å²) in [4.78, 5) is 59.8. The van der Waals surface area contributed by atoms with Crippen LogP contribution in [0.25, 0.3) is 0 Å². The van der Waals surface area contributed by atoms with Crippen molar-refractivity contribution in [2.75, 3.05) is 109 Å². The smallest absolute Gasteiger partial charge is 0.323 e. The fourth-order valence-electron chi connectivity index (χ4n) is 17.7. The number of hydrogen-bond acceptors (Lipinski definition) is 24. The molecule has 0 radical (unpaired) electrons. The molecule has 4 aromatic rings. The highest BCUT2D eigenvalue weighted by Crippen LogP contribution is 2.50. The molecule has 0 spiro atoms. The van der Waals surface area contributed by atoms with Crippen LogP contribution >= 0.6 is 0 Å². The summed E-state index contributed by atoms with van der Waals surface area (Å²) in [5.41, 5.74) is 30.3. The summed E-state index contributed by atoms with van der Waals surface area (Å²) >= 11 is 0. The lowest BCUT2D eigenvalue weighted by Gasteiger charge is -2.47. The van der Waals surface area contributed by atoms with Crippen molar-refractivity contribution in [2.45, 2.75) is 260 Å². The first-order valence-corrected chi connectivity index (χ1v) is 43.4. The first kappa shape index (κ1) is 77.6. The fourth-order valence-corrected chi connectivity index (χ4v) is 17.7. The number of fused-ring (bicyclic) bond motifs is 12. The molecule has 0 amide bonds. The Balaban J connectivity index is 0.000000201. The second-order valence-corrected chi connectivity index (χ2v) is 36.6. The maximum Gasteiger partial charge on any atom is 0.323 e. The zero-order chi connectivity index (χ0) is 100. The lowest BCUT2D eigenvalue weighted by atomic mass is 9.79. The third-order valence-corrected chi connectivity index (χ3v) is 24.6. The van der Waals surface area contributed by atoms with Crippen molar-refractivity contribution in [3.05, 3.63) is 93.0 Å². The van der Waals surface area contributed by atoms with Crippen LogP contribution in [0.2, 0.25) is 0 Å². The average molecular weight is 1690 g/mol. The number of carbonyl (C=O) groups is 4. The van der Waals surface area contributed by atoms with E-state index in [0.29, 0.717) is 118 Å². The van der Waals surface area contributed by atoms with Gasteiger partial charge in [-0.2, -0.15) is 0 Å². The highest BCUT2D eigenvalue weighted by molar-refractivity contribution is 5.77. The van der Waals surface area contributed by atoms with Gasteiger partial charge in [-0.1, -0.05) is 111 Å². The predicted octanol–water partition coefficient (Wildman–Crippen LogP) is 14.3. The Kier molecular flexibility index (Phi) is 28.4. The van der Waals surface area contributed by atoms with Crippen LogP contribution in [0.3, 0.4) is 0 Å². The van der Waals surface area contributed by atoms with E-state index < -0.39 is 92.4 Å². The minimum atomic E-state index is -2.64. The van der Waals surface area contributed by atoms with Gasteiger partial charge in [0.15, 0.2) is 46.0 Å². The zero-order valence-electron chi connectivity index (χ0n) is 89.6. The van der Waals surface area contributed by atoms with Gasteiger partial charge in [0.1, 0.15) is 48.5 Å². The molecule has 12 unspecified atom stereocenters. The van der Waals surface area contributed by atoms with E-state index in [0.717, 1.165) is 65.7 Å². The van der Waals surface area contributed by atoms with E-state index in [1.807, 2.05) is 77.3 Å². The maximum atomic E-state index is 12.8. The molecule has 0 bridgehead atoms. The minimum absolute atomic E-state index is 0.00369. The number of carbonyl (C=O) groups excluding carboxylic acids is 4. The van der Waals surface area contributed by atoms with Crippen LogP contribution in [0, 0.1) is 71.0 Å². The molecule has 24 nitrogen and oxygen atoms in total. The zero-order valence-corrected chi connectivity index (χ0v) is 75.6. The quantitative estimate of drug-likeness (QED) is 0.0303. The highest BCUT2D eigenvalue weighted by Gasteiger charge is 2.47. The first-order valence-electron chi connectivity index (χ1n) is 50.4. The Morgan fingerprint density at radius 1 is 0.358 bits per heavy atom. The molecule has 24 heteroatoms. The fraction of sp³-hybridized carbons (Fsp3) is 0.708. The maximum absolute atomic E-state index is 12.8. The van der Waals surface area contributed by atoms with Gasteiger partial charge in [-0.15, -0.1) is 0 Å². The number of nitrogens with zero attached hydrogens (tertiary/aromatic N) is 4. The molecule has 0 aromatic heterocycles. The van der Waals surface area contributed by atoms with E-state index in [9.17, 15) is 27.4 Å². The summed E-state index contributed by atoms with van der Waals surface area (Å²) in [5, 5.41) is 0. The molecule has 12 rings (SSSR count). The van der Waals surface area contributed by atoms with E-state index in [1.165, 1.54) is 28.4 Å². The summed E-state index contributed by atoms with van der Waals surface area (Å²) in [6, 6.07) is 3.61. The molecule has 8 aliphatic heterocycles. The molecule has 0 aliphatic carbocycles. The first-order chi connectivity index (χ1) is 62.2. The molecule has 4 aromatic carbocycles. The highest BCUT2D eigenvalue weighted by atomic mass is 16.6. The molecular formula is C96H152N8O16. The molecule has 16 atom stereocenters. The Labute approximate surface area is 738 Å². The van der Waals surface area contributed by atoms with Gasteiger partial charge in [0.2, 0.25) is 0 Å².